The first-order valence-electron chi connectivity index (χ1n) is 6.02. The third-order valence-electron chi connectivity index (χ3n) is 2.55. The number of hydrogen-bond acceptors (Lipinski definition) is 5. The van der Waals surface area contributed by atoms with E-state index < -0.39 is 11.4 Å². The normalized spacial score (nSPS) is 11.1. The first kappa shape index (κ1) is 14.2. The molecule has 1 aromatic heterocycles. The molecule has 100 valence electrons. The molecule has 0 aliphatic rings. The molecular formula is C12H21N5O. The maximum Gasteiger partial charge on any atom is 0.242 e. The van der Waals surface area contributed by atoms with E-state index in [1.165, 1.54) is 0 Å². The van der Waals surface area contributed by atoms with Gasteiger partial charge in [-0.2, -0.15) is 4.98 Å². The summed E-state index contributed by atoms with van der Waals surface area (Å²) in [6, 6.07) is 0. The van der Waals surface area contributed by atoms with Crippen LogP contribution in [-0.2, 0) is 4.79 Å². The molecule has 1 amide bonds. The van der Waals surface area contributed by atoms with Crippen LogP contribution in [0.2, 0.25) is 0 Å². The molecule has 0 aromatic carbocycles. The summed E-state index contributed by atoms with van der Waals surface area (Å²) in [7, 11) is 0. The van der Waals surface area contributed by atoms with Crippen LogP contribution in [0.25, 0.3) is 0 Å². The molecule has 0 aliphatic heterocycles. The summed E-state index contributed by atoms with van der Waals surface area (Å²) < 4.78 is 0. The van der Waals surface area contributed by atoms with Crippen LogP contribution in [-0.4, -0.2) is 28.0 Å². The molecule has 0 unspecified atom stereocenters. The summed E-state index contributed by atoms with van der Waals surface area (Å²) in [4.78, 5) is 19.8. The van der Waals surface area contributed by atoms with Gasteiger partial charge in [0.1, 0.15) is 11.4 Å². The van der Waals surface area contributed by atoms with Gasteiger partial charge in [0.15, 0.2) is 0 Å². The number of rotatable bonds is 6. The van der Waals surface area contributed by atoms with Gasteiger partial charge in [0.2, 0.25) is 11.9 Å². The van der Waals surface area contributed by atoms with E-state index in [2.05, 4.69) is 27.5 Å². The summed E-state index contributed by atoms with van der Waals surface area (Å²) in [5.41, 5.74) is 5.35. The molecular weight excluding hydrogens is 230 g/mol. The van der Waals surface area contributed by atoms with Crippen molar-refractivity contribution in [2.75, 3.05) is 17.2 Å². The van der Waals surface area contributed by atoms with Crippen molar-refractivity contribution in [2.45, 2.75) is 39.7 Å². The third kappa shape index (κ3) is 3.58. The van der Waals surface area contributed by atoms with Crippen LogP contribution in [0.15, 0.2) is 6.20 Å². The number of carbonyl (C=O) groups excluding carboxylic acids is 1. The molecule has 0 atom stereocenters. The molecule has 6 heteroatoms. The number of anilines is 2. The number of primary amides is 1. The molecule has 0 radical (unpaired) electrons. The predicted octanol–water partition coefficient (Wildman–Crippen LogP) is 1.28. The van der Waals surface area contributed by atoms with Gasteiger partial charge in [-0.25, -0.2) is 4.98 Å². The number of hydrogen-bond donors (Lipinski definition) is 3. The van der Waals surface area contributed by atoms with Crippen molar-refractivity contribution in [2.24, 2.45) is 5.73 Å². The Kier molecular flexibility index (Phi) is 4.47. The fourth-order valence-corrected chi connectivity index (χ4v) is 1.25. The Balaban J connectivity index is 2.90. The molecule has 0 saturated carbocycles. The highest BCUT2D eigenvalue weighted by Gasteiger charge is 2.25. The van der Waals surface area contributed by atoms with Gasteiger partial charge in [0.05, 0.1) is 0 Å². The number of aromatic nitrogens is 2. The van der Waals surface area contributed by atoms with Crippen molar-refractivity contribution >= 4 is 17.7 Å². The molecule has 1 heterocycles. The van der Waals surface area contributed by atoms with Crippen molar-refractivity contribution in [1.29, 1.82) is 0 Å². The second kappa shape index (κ2) is 5.66. The molecule has 0 spiro atoms. The lowest BCUT2D eigenvalue weighted by atomic mass is 10.1. The third-order valence-corrected chi connectivity index (χ3v) is 2.55. The average molecular weight is 251 g/mol. The van der Waals surface area contributed by atoms with Crippen molar-refractivity contribution < 1.29 is 4.79 Å². The minimum atomic E-state index is -0.846. The second-order valence-corrected chi connectivity index (χ2v) is 4.77. The Morgan fingerprint density at radius 3 is 2.72 bits per heavy atom. The van der Waals surface area contributed by atoms with Crippen LogP contribution in [0.1, 0.15) is 32.8 Å². The number of nitrogens with one attached hydrogen (secondary N) is 2. The molecule has 0 aliphatic carbocycles. The maximum atomic E-state index is 11.3. The summed E-state index contributed by atoms with van der Waals surface area (Å²) >= 11 is 0. The second-order valence-electron chi connectivity index (χ2n) is 4.77. The lowest BCUT2D eigenvalue weighted by Crippen LogP contribution is -2.45. The maximum absolute atomic E-state index is 11.3. The highest BCUT2D eigenvalue weighted by molar-refractivity contribution is 5.86. The predicted molar refractivity (Wildman–Crippen MR) is 72.4 cm³/mol. The topological polar surface area (TPSA) is 92.9 Å². The van der Waals surface area contributed by atoms with Gasteiger partial charge < -0.3 is 16.4 Å². The molecule has 4 N–H and O–H groups in total. The average Bonchev–Trinajstić information content (AvgIpc) is 2.29. The lowest BCUT2D eigenvalue weighted by molar-refractivity contribution is -0.121. The molecule has 0 bridgehead atoms. The van der Waals surface area contributed by atoms with Gasteiger partial charge >= 0.3 is 0 Å². The Morgan fingerprint density at radius 2 is 2.17 bits per heavy atom. The van der Waals surface area contributed by atoms with Gasteiger partial charge in [-0.1, -0.05) is 6.92 Å². The van der Waals surface area contributed by atoms with Gasteiger partial charge in [-0.05, 0) is 27.2 Å². The van der Waals surface area contributed by atoms with Crippen molar-refractivity contribution in [1.82, 2.24) is 9.97 Å². The first-order valence-corrected chi connectivity index (χ1v) is 6.02. The van der Waals surface area contributed by atoms with Crippen LogP contribution in [0, 0.1) is 6.92 Å². The van der Waals surface area contributed by atoms with E-state index in [9.17, 15) is 4.79 Å². The van der Waals surface area contributed by atoms with Crippen LogP contribution in [0.3, 0.4) is 0 Å². The van der Waals surface area contributed by atoms with E-state index in [0.29, 0.717) is 11.8 Å². The molecule has 1 rings (SSSR count). The largest absolute Gasteiger partial charge is 0.368 e. The van der Waals surface area contributed by atoms with Crippen molar-refractivity contribution in [3.05, 3.63) is 11.8 Å². The molecule has 18 heavy (non-hydrogen) atoms. The monoisotopic (exact) mass is 251 g/mol. The van der Waals surface area contributed by atoms with Gasteiger partial charge in [0, 0.05) is 18.3 Å². The van der Waals surface area contributed by atoms with Gasteiger partial charge in [0.25, 0.3) is 0 Å². The van der Waals surface area contributed by atoms with Crippen LogP contribution in [0.4, 0.5) is 11.8 Å². The zero-order valence-electron chi connectivity index (χ0n) is 11.4. The van der Waals surface area contributed by atoms with Crippen molar-refractivity contribution in [3.63, 3.8) is 0 Å². The van der Waals surface area contributed by atoms with Gasteiger partial charge in [-0.3, -0.25) is 4.79 Å². The van der Waals surface area contributed by atoms with E-state index in [0.717, 1.165) is 18.5 Å². The summed E-state index contributed by atoms with van der Waals surface area (Å²) in [5, 5.41) is 6.14. The molecule has 0 saturated heterocycles. The number of nitrogens with two attached hydrogens (primary N) is 1. The number of aryl methyl sites for hydroxylation is 1. The highest BCUT2D eigenvalue weighted by Crippen LogP contribution is 2.17. The van der Waals surface area contributed by atoms with E-state index in [-0.39, 0.29) is 0 Å². The number of amides is 1. The SMILES string of the molecule is CCCNc1ncc(C)c(NC(C)(C)C(N)=O)n1. The van der Waals surface area contributed by atoms with Crippen LogP contribution >= 0.6 is 0 Å². The minimum Gasteiger partial charge on any atom is -0.368 e. The summed E-state index contributed by atoms with van der Waals surface area (Å²) in [6.07, 6.45) is 2.71. The smallest absolute Gasteiger partial charge is 0.242 e. The summed E-state index contributed by atoms with van der Waals surface area (Å²) in [6.45, 7) is 8.19. The van der Waals surface area contributed by atoms with E-state index in [1.54, 1.807) is 20.0 Å². The van der Waals surface area contributed by atoms with Gasteiger partial charge in [-0.15, -0.1) is 0 Å². The molecule has 1 aromatic rings. The lowest BCUT2D eigenvalue weighted by Gasteiger charge is -2.24. The first-order chi connectivity index (χ1) is 8.36. The van der Waals surface area contributed by atoms with E-state index >= 15 is 0 Å². The molecule has 0 fully saturated rings. The fourth-order valence-electron chi connectivity index (χ4n) is 1.25. The Labute approximate surface area is 107 Å². The Bertz CT molecular complexity index is 430. The number of carbonyl (C=O) groups is 1. The highest BCUT2D eigenvalue weighted by atomic mass is 16.1. The van der Waals surface area contributed by atoms with Crippen molar-refractivity contribution in [3.8, 4) is 0 Å². The quantitative estimate of drug-likeness (QED) is 0.708. The Hall–Kier alpha value is -1.85. The number of nitrogens with zero attached hydrogens (tertiary/aromatic N) is 2. The van der Waals surface area contributed by atoms with E-state index in [1.807, 2.05) is 6.92 Å². The molecule has 6 nitrogen and oxygen atoms in total. The Morgan fingerprint density at radius 1 is 1.50 bits per heavy atom. The zero-order chi connectivity index (χ0) is 13.8. The standard InChI is InChI=1S/C12H21N5O/c1-5-6-14-11-15-7-8(2)9(16-11)17-12(3,4)10(13)18/h7H,5-6H2,1-4H3,(H2,13,18)(H2,14,15,16,17). The summed E-state index contributed by atoms with van der Waals surface area (Å²) in [5.74, 6) is 0.737. The van der Waals surface area contributed by atoms with Crippen LogP contribution in [0.5, 0.6) is 0 Å². The fraction of sp³-hybridized carbons (Fsp3) is 0.583. The minimum absolute atomic E-state index is 0.427. The zero-order valence-corrected chi connectivity index (χ0v) is 11.4. The van der Waals surface area contributed by atoms with Crippen LogP contribution < -0.4 is 16.4 Å². The van der Waals surface area contributed by atoms with E-state index in [4.69, 9.17) is 5.73 Å².